The van der Waals surface area contributed by atoms with Crippen LogP contribution in [-0.2, 0) is 14.3 Å². The van der Waals surface area contributed by atoms with Gasteiger partial charge in [-0.1, -0.05) is 47.5 Å². The van der Waals surface area contributed by atoms with Gasteiger partial charge in [-0.2, -0.15) is 0 Å². The molecular formula is C16H30O3. The Morgan fingerprint density at radius 1 is 1.16 bits per heavy atom. The Kier molecular flexibility index (Phi) is 6.31. The average molecular weight is 270 g/mol. The van der Waals surface area contributed by atoms with Crippen molar-refractivity contribution in [2.24, 2.45) is 23.2 Å². The van der Waals surface area contributed by atoms with Gasteiger partial charge in [0.2, 0.25) is 0 Å². The van der Waals surface area contributed by atoms with Gasteiger partial charge < -0.3 is 9.47 Å². The number of carbonyl (C=O) groups is 1. The molecule has 0 N–H and O–H groups in total. The molecule has 0 aromatic rings. The normalized spacial score (nSPS) is 27.5. The number of ether oxygens (including phenoxy) is 2. The number of esters is 1. The molecule has 0 bridgehead atoms. The van der Waals surface area contributed by atoms with Crippen LogP contribution in [0, 0.1) is 23.2 Å². The Balaban J connectivity index is 2.32. The lowest BCUT2D eigenvalue weighted by Crippen LogP contribution is -2.24. The zero-order chi connectivity index (χ0) is 14.5. The second-order valence-corrected chi connectivity index (χ2v) is 7.01. The molecule has 1 aliphatic rings. The van der Waals surface area contributed by atoms with Gasteiger partial charge in [-0.25, -0.2) is 0 Å². The van der Waals surface area contributed by atoms with E-state index in [9.17, 15) is 4.79 Å². The van der Waals surface area contributed by atoms with Crippen LogP contribution in [0.25, 0.3) is 0 Å². The molecule has 0 aromatic heterocycles. The number of hydrogen-bond acceptors (Lipinski definition) is 3. The summed E-state index contributed by atoms with van der Waals surface area (Å²) in [5.74, 6) is 1.22. The second-order valence-electron chi connectivity index (χ2n) is 7.01. The predicted molar refractivity (Wildman–Crippen MR) is 76.7 cm³/mol. The molecule has 0 heterocycles. The van der Waals surface area contributed by atoms with Gasteiger partial charge in [-0.3, -0.25) is 4.79 Å². The third kappa shape index (κ3) is 5.52. The van der Waals surface area contributed by atoms with Gasteiger partial charge in [-0.05, 0) is 30.1 Å². The van der Waals surface area contributed by atoms with Crippen molar-refractivity contribution in [2.75, 3.05) is 13.4 Å². The topological polar surface area (TPSA) is 35.5 Å². The molecule has 3 nitrogen and oxygen atoms in total. The Bertz CT molecular complexity index is 280. The lowest BCUT2D eigenvalue weighted by molar-refractivity contribution is -0.164. The predicted octanol–water partition coefficient (Wildman–Crippen LogP) is 4.01. The minimum atomic E-state index is -0.0586. The zero-order valence-corrected chi connectivity index (χ0v) is 13.2. The highest BCUT2D eigenvalue weighted by atomic mass is 16.7. The largest absolute Gasteiger partial charge is 0.438 e. The van der Waals surface area contributed by atoms with Gasteiger partial charge in [-0.15, -0.1) is 0 Å². The van der Waals surface area contributed by atoms with Crippen LogP contribution in [-0.4, -0.2) is 19.4 Å². The third-order valence-electron chi connectivity index (χ3n) is 4.02. The Morgan fingerprint density at radius 3 is 2.37 bits per heavy atom. The maximum Gasteiger partial charge on any atom is 0.311 e. The first-order valence-corrected chi connectivity index (χ1v) is 7.61. The molecule has 3 heteroatoms. The molecule has 0 amide bonds. The molecule has 0 spiro atoms. The van der Waals surface area contributed by atoms with Crippen molar-refractivity contribution in [3.8, 4) is 0 Å². The van der Waals surface area contributed by atoms with E-state index in [4.69, 9.17) is 9.47 Å². The smallest absolute Gasteiger partial charge is 0.311 e. The van der Waals surface area contributed by atoms with Crippen molar-refractivity contribution in [2.45, 2.75) is 60.3 Å². The molecule has 19 heavy (non-hydrogen) atoms. The molecule has 112 valence electrons. The summed E-state index contributed by atoms with van der Waals surface area (Å²) in [6, 6.07) is 0. The highest BCUT2D eigenvalue weighted by Crippen LogP contribution is 2.40. The van der Waals surface area contributed by atoms with Crippen LogP contribution in [0.2, 0.25) is 0 Å². The molecule has 1 rings (SSSR count). The fourth-order valence-electron chi connectivity index (χ4n) is 2.87. The van der Waals surface area contributed by atoms with Crippen LogP contribution in [0.3, 0.4) is 0 Å². The summed E-state index contributed by atoms with van der Waals surface area (Å²) in [7, 11) is 0. The summed E-state index contributed by atoms with van der Waals surface area (Å²) < 4.78 is 10.7. The van der Waals surface area contributed by atoms with E-state index in [0.29, 0.717) is 18.4 Å². The SMILES string of the molecule is CCC1CC(CC)C(C(=O)OCOCC(C)(C)C)C1. The Hall–Kier alpha value is -0.570. The van der Waals surface area contributed by atoms with Gasteiger partial charge in [0, 0.05) is 0 Å². The van der Waals surface area contributed by atoms with Crippen LogP contribution < -0.4 is 0 Å². The van der Waals surface area contributed by atoms with Gasteiger partial charge in [0.05, 0.1) is 12.5 Å². The van der Waals surface area contributed by atoms with E-state index in [0.717, 1.165) is 12.8 Å². The third-order valence-corrected chi connectivity index (χ3v) is 4.02. The van der Waals surface area contributed by atoms with E-state index in [-0.39, 0.29) is 24.1 Å². The van der Waals surface area contributed by atoms with Gasteiger partial charge >= 0.3 is 5.97 Å². The summed E-state index contributed by atoms with van der Waals surface area (Å²) in [5.41, 5.74) is 0.110. The molecule has 0 radical (unpaired) electrons. The zero-order valence-electron chi connectivity index (χ0n) is 13.2. The first-order valence-electron chi connectivity index (χ1n) is 7.61. The summed E-state index contributed by atoms with van der Waals surface area (Å²) >= 11 is 0. The van der Waals surface area contributed by atoms with Crippen LogP contribution in [0.5, 0.6) is 0 Å². The van der Waals surface area contributed by atoms with E-state index in [2.05, 4.69) is 34.6 Å². The lowest BCUT2D eigenvalue weighted by Gasteiger charge is -2.19. The molecule has 3 unspecified atom stereocenters. The van der Waals surface area contributed by atoms with Crippen molar-refractivity contribution in [3.05, 3.63) is 0 Å². The van der Waals surface area contributed by atoms with Crippen LogP contribution >= 0.6 is 0 Å². The maximum absolute atomic E-state index is 12.1. The summed E-state index contributed by atoms with van der Waals surface area (Å²) in [6.45, 7) is 11.4. The average Bonchev–Trinajstić information content (AvgIpc) is 2.76. The van der Waals surface area contributed by atoms with E-state index >= 15 is 0 Å². The molecule has 0 aliphatic heterocycles. The van der Waals surface area contributed by atoms with E-state index in [1.807, 2.05) is 0 Å². The minimum Gasteiger partial charge on any atom is -0.438 e. The Morgan fingerprint density at radius 2 is 1.84 bits per heavy atom. The Labute approximate surface area is 118 Å². The van der Waals surface area contributed by atoms with Crippen molar-refractivity contribution >= 4 is 5.97 Å². The highest BCUT2D eigenvalue weighted by Gasteiger charge is 2.37. The standard InChI is InChI=1S/C16H30O3/c1-6-12-8-13(7-2)14(9-12)15(17)19-11-18-10-16(3,4)5/h12-14H,6-11H2,1-5H3. The quantitative estimate of drug-likeness (QED) is 0.415. The van der Waals surface area contributed by atoms with Crippen molar-refractivity contribution in [1.82, 2.24) is 0 Å². The van der Waals surface area contributed by atoms with E-state index in [1.165, 1.54) is 12.8 Å². The van der Waals surface area contributed by atoms with Crippen LogP contribution in [0.15, 0.2) is 0 Å². The molecule has 1 fully saturated rings. The van der Waals surface area contributed by atoms with Gasteiger partial charge in [0.1, 0.15) is 0 Å². The monoisotopic (exact) mass is 270 g/mol. The van der Waals surface area contributed by atoms with Crippen molar-refractivity contribution in [3.63, 3.8) is 0 Å². The van der Waals surface area contributed by atoms with Gasteiger partial charge in [0.25, 0.3) is 0 Å². The van der Waals surface area contributed by atoms with Crippen LogP contribution in [0.1, 0.15) is 60.3 Å². The second kappa shape index (κ2) is 7.28. The van der Waals surface area contributed by atoms with E-state index in [1.54, 1.807) is 0 Å². The molecule has 1 aliphatic carbocycles. The molecular weight excluding hydrogens is 240 g/mol. The number of carbonyl (C=O) groups excluding carboxylic acids is 1. The summed E-state index contributed by atoms with van der Waals surface area (Å²) in [6.07, 6.45) is 4.41. The minimum absolute atomic E-state index is 0.0586. The molecule has 0 saturated heterocycles. The van der Waals surface area contributed by atoms with Crippen LogP contribution in [0.4, 0.5) is 0 Å². The molecule has 1 saturated carbocycles. The molecule has 3 atom stereocenters. The highest BCUT2D eigenvalue weighted by molar-refractivity contribution is 5.73. The number of rotatable bonds is 6. The fourth-order valence-corrected chi connectivity index (χ4v) is 2.87. The van der Waals surface area contributed by atoms with E-state index < -0.39 is 0 Å². The summed E-state index contributed by atoms with van der Waals surface area (Å²) in [4.78, 5) is 12.1. The first kappa shape index (κ1) is 16.5. The van der Waals surface area contributed by atoms with Crippen molar-refractivity contribution < 1.29 is 14.3 Å². The first-order chi connectivity index (χ1) is 8.87. The van der Waals surface area contributed by atoms with Crippen molar-refractivity contribution in [1.29, 1.82) is 0 Å². The molecule has 0 aromatic carbocycles. The maximum atomic E-state index is 12.1. The van der Waals surface area contributed by atoms with Gasteiger partial charge in [0.15, 0.2) is 6.79 Å². The lowest BCUT2D eigenvalue weighted by atomic mass is 9.94. The fraction of sp³-hybridized carbons (Fsp3) is 0.938. The number of hydrogen-bond donors (Lipinski definition) is 0. The summed E-state index contributed by atoms with van der Waals surface area (Å²) in [5, 5.41) is 0.